The van der Waals surface area contributed by atoms with Crippen LogP contribution in [0.4, 0.5) is 39.6 Å². The predicted octanol–water partition coefficient (Wildman–Crippen LogP) is -1.58. The van der Waals surface area contributed by atoms with E-state index >= 15 is 0 Å². The van der Waals surface area contributed by atoms with Gasteiger partial charge in [0.05, 0.1) is 58.5 Å². The van der Waals surface area contributed by atoms with Crippen LogP contribution in [-0.4, -0.2) is 63.6 Å². The maximum Gasteiger partial charge on any atom is 1.00 e. The molecule has 0 unspecified atom stereocenters. The second-order valence-corrected chi connectivity index (χ2v) is 25.9. The molecule has 4 aromatic heterocycles. The number of nitriles is 1. The monoisotopic (exact) mass is 1170 g/mol. The van der Waals surface area contributed by atoms with E-state index in [0.29, 0.717) is 87.4 Å². The minimum Gasteiger partial charge on any atom is -0.744 e. The molecular formula is C48H44Li4N10O12S6. The van der Waals surface area contributed by atoms with E-state index in [1.54, 1.807) is 77.6 Å². The normalized spacial score (nSPS) is 12.1. The van der Waals surface area contributed by atoms with Crippen molar-refractivity contribution >= 4 is 125 Å². The fraction of sp³-hybridized carbons (Fsp3) is 0.271. The Morgan fingerprint density at radius 1 is 0.725 bits per heavy atom. The van der Waals surface area contributed by atoms with Gasteiger partial charge in [-0.3, -0.25) is 9.94 Å². The van der Waals surface area contributed by atoms with Gasteiger partial charge in [-0.1, -0.05) is 71.1 Å². The quantitative estimate of drug-likeness (QED) is 0.0285. The van der Waals surface area contributed by atoms with Crippen LogP contribution in [-0.2, 0) is 45.1 Å². The van der Waals surface area contributed by atoms with Crippen LogP contribution in [0, 0.1) is 32.1 Å². The fourth-order valence-corrected chi connectivity index (χ4v) is 12.4. The van der Waals surface area contributed by atoms with Gasteiger partial charge in [0.2, 0.25) is 5.13 Å². The number of benzene rings is 4. The minimum absolute atomic E-state index is 0. The SMILES string of the molecule is Cc1cc(N(c2nc3ccc(S(=O)(=O)[O-])cc3s2)c2c(C)cc(S(=O)(=O)[O-])cc2C(C)C)nc(Nc2c(C)cc(S(=O)(=O)[O-])cc2C(C)C)c1N=Nc1c(C#N)c(C(C)(C)C)nn1-c1nc2ccc(SOO[O-])cc2s1.[Li+].[Li+].[Li+].[Li+]. The zero-order chi connectivity index (χ0) is 55.6. The summed E-state index contributed by atoms with van der Waals surface area (Å²) in [6.45, 7) is 17.7. The number of aryl methyl sites for hydroxylation is 3. The van der Waals surface area contributed by atoms with Gasteiger partial charge in [0.15, 0.2) is 16.8 Å². The molecule has 0 spiro atoms. The molecule has 8 aromatic rings. The van der Waals surface area contributed by atoms with E-state index in [0.717, 1.165) is 17.4 Å². The van der Waals surface area contributed by atoms with Crippen LogP contribution >= 0.6 is 34.7 Å². The minimum atomic E-state index is -4.97. The molecule has 4 aromatic carbocycles. The van der Waals surface area contributed by atoms with E-state index in [4.69, 9.17) is 30.3 Å². The van der Waals surface area contributed by atoms with E-state index in [-0.39, 0.29) is 115 Å². The molecule has 4 heterocycles. The Hall–Kier alpha value is -3.94. The second-order valence-electron chi connectivity index (χ2n) is 19.0. The Morgan fingerprint density at radius 2 is 1.30 bits per heavy atom. The van der Waals surface area contributed by atoms with Gasteiger partial charge < -0.3 is 24.2 Å². The molecule has 0 saturated heterocycles. The van der Waals surface area contributed by atoms with Crippen molar-refractivity contribution in [2.24, 2.45) is 10.2 Å². The molecule has 0 aliphatic rings. The van der Waals surface area contributed by atoms with Crippen LogP contribution in [0.25, 0.3) is 25.6 Å². The van der Waals surface area contributed by atoms with E-state index in [1.807, 2.05) is 20.8 Å². The Bertz CT molecular complexity index is 4090. The maximum atomic E-state index is 12.5. The van der Waals surface area contributed by atoms with Crippen LogP contribution in [0.15, 0.2) is 96.5 Å². The van der Waals surface area contributed by atoms with Gasteiger partial charge in [0.1, 0.15) is 53.5 Å². The molecule has 0 fully saturated rings. The Labute approximate surface area is 522 Å². The van der Waals surface area contributed by atoms with Crippen molar-refractivity contribution in [1.82, 2.24) is 24.7 Å². The Kier molecular flexibility index (Phi) is 22.6. The van der Waals surface area contributed by atoms with Crippen LogP contribution in [0.1, 0.15) is 99.4 Å². The summed E-state index contributed by atoms with van der Waals surface area (Å²) in [6, 6.07) is 17.6. The average Bonchev–Trinajstić information content (AvgIpc) is 4.05. The van der Waals surface area contributed by atoms with Gasteiger partial charge in [-0.25, -0.2) is 40.2 Å². The average molecular weight is 1170 g/mol. The zero-order valence-corrected chi connectivity index (χ0v) is 50.8. The van der Waals surface area contributed by atoms with Crippen molar-refractivity contribution in [2.75, 3.05) is 10.2 Å². The molecule has 22 nitrogen and oxygen atoms in total. The largest absolute Gasteiger partial charge is 1.00 e. The van der Waals surface area contributed by atoms with Gasteiger partial charge >= 0.3 is 75.4 Å². The number of fused-ring (bicyclic) bond motifs is 2. The van der Waals surface area contributed by atoms with Crippen molar-refractivity contribution in [3.8, 4) is 11.2 Å². The summed E-state index contributed by atoms with van der Waals surface area (Å²) in [5, 5.41) is 43.0. The van der Waals surface area contributed by atoms with Gasteiger partial charge in [0.25, 0.3) is 0 Å². The molecule has 1 N–H and O–H groups in total. The number of azo groups is 1. The third kappa shape index (κ3) is 14.5. The molecule has 0 aliphatic heterocycles. The molecule has 0 saturated carbocycles. The van der Waals surface area contributed by atoms with E-state index in [9.17, 15) is 49.4 Å². The third-order valence-electron chi connectivity index (χ3n) is 11.8. The van der Waals surface area contributed by atoms with Gasteiger partial charge in [-0.2, -0.15) is 19.4 Å². The first-order valence-electron chi connectivity index (χ1n) is 22.6. The maximum absolute atomic E-state index is 12.5. The molecule has 80 heavy (non-hydrogen) atoms. The Morgan fingerprint density at radius 3 is 1.88 bits per heavy atom. The summed E-state index contributed by atoms with van der Waals surface area (Å²) in [4.78, 5) is 15.5. The van der Waals surface area contributed by atoms with Gasteiger partial charge in [-0.05, 0) is 127 Å². The summed E-state index contributed by atoms with van der Waals surface area (Å²) in [5.41, 5.74) is 3.16. The number of hydrogen-bond donors (Lipinski definition) is 1. The van der Waals surface area contributed by atoms with Crippen LogP contribution in [0.2, 0.25) is 0 Å². The summed E-state index contributed by atoms with van der Waals surface area (Å²) in [6.07, 6.45) is 0. The number of rotatable bonds is 16. The summed E-state index contributed by atoms with van der Waals surface area (Å²) >= 11 is 2.89. The number of nitrogens with one attached hydrogen (secondary N) is 1. The predicted molar refractivity (Wildman–Crippen MR) is 280 cm³/mol. The van der Waals surface area contributed by atoms with Crippen molar-refractivity contribution in [3.05, 3.63) is 106 Å². The van der Waals surface area contributed by atoms with Crippen LogP contribution in [0.5, 0.6) is 0 Å². The van der Waals surface area contributed by atoms with E-state index < -0.39 is 56.4 Å². The van der Waals surface area contributed by atoms with Gasteiger partial charge in [0, 0.05) is 16.0 Å². The number of aromatic nitrogens is 5. The summed E-state index contributed by atoms with van der Waals surface area (Å²) < 4.78 is 118. The molecule has 0 bridgehead atoms. The molecule has 0 radical (unpaired) electrons. The molecule has 0 atom stereocenters. The van der Waals surface area contributed by atoms with Crippen molar-refractivity contribution in [1.29, 1.82) is 5.26 Å². The molecule has 0 amide bonds. The molecule has 398 valence electrons. The van der Waals surface area contributed by atoms with E-state index in [2.05, 4.69) is 20.8 Å². The number of hydrogen-bond acceptors (Lipinski definition) is 24. The first-order chi connectivity index (χ1) is 35.5. The molecule has 8 rings (SSSR count). The number of thiazole rings is 2. The van der Waals surface area contributed by atoms with E-state index in [1.165, 1.54) is 52.4 Å². The fourth-order valence-electron chi connectivity index (χ4n) is 8.21. The molecular weight excluding hydrogens is 1130 g/mol. The topological polar surface area (TPSA) is 333 Å². The number of anilines is 5. The second kappa shape index (κ2) is 26.3. The third-order valence-corrected chi connectivity index (χ3v) is 16.8. The van der Waals surface area contributed by atoms with Crippen molar-refractivity contribution in [2.45, 2.75) is 106 Å². The zero-order valence-electron chi connectivity index (χ0n) is 45.9. The number of nitrogens with zero attached hydrogens (tertiary/aromatic N) is 9. The Balaban J connectivity index is 0.00000344. The smallest absolute Gasteiger partial charge is 0.744 e. The standard InChI is InChI=1S/C48H48N10O12S6.4Li/c1-23(2)32-19-30(75(63,64)65)15-25(5)40(32)53-44-41(54-55-45-34(22-49)43(48(8,9)10)56-58(45)47-51-35-13-11-28(73-70-69-59)18-37(35)72-47)26(6)17-39(52-44)57(42-27(7)16-31(76(66,67)68)20-33(42)24(3)4)46-50-36-14-12-29(74(60,61)62)21-38(36)71-46;;;;/h11-21,23-24,59H,1-10H3,(H,52,53)(H,60,61,62)(H,63,64,65)(H,66,67,68);;;;/q;4*+1/p-4. The first-order valence-corrected chi connectivity index (χ1v) is 29.2. The van der Waals surface area contributed by atoms with Crippen molar-refractivity contribution in [3.63, 3.8) is 0 Å². The number of pyridine rings is 1. The van der Waals surface area contributed by atoms with Crippen molar-refractivity contribution < 1.29 is 129 Å². The van der Waals surface area contributed by atoms with Crippen LogP contribution in [0.3, 0.4) is 0 Å². The van der Waals surface area contributed by atoms with Crippen LogP contribution < -0.4 is 90.9 Å². The first kappa shape index (κ1) is 68.6. The van der Waals surface area contributed by atoms with Gasteiger partial charge in [-0.15, -0.1) is 10.2 Å². The molecule has 32 heteroatoms. The molecule has 0 aliphatic carbocycles. The summed E-state index contributed by atoms with van der Waals surface area (Å²) in [7, 11) is -14.8. The summed E-state index contributed by atoms with van der Waals surface area (Å²) in [5.74, 6) is -0.736.